The summed E-state index contributed by atoms with van der Waals surface area (Å²) in [7, 11) is -3.52. The third kappa shape index (κ3) is 6.43. The van der Waals surface area contributed by atoms with Crippen LogP contribution in [0.4, 0.5) is 0 Å². The van der Waals surface area contributed by atoms with Gasteiger partial charge in [0.25, 0.3) is 0 Å². The van der Waals surface area contributed by atoms with Gasteiger partial charge in [-0.1, -0.05) is 57.9 Å². The molecule has 0 fully saturated rings. The summed E-state index contributed by atoms with van der Waals surface area (Å²) in [5, 5.41) is 3.25. The van der Waals surface area contributed by atoms with Crippen LogP contribution in [0, 0.1) is 0 Å². The van der Waals surface area contributed by atoms with Crippen molar-refractivity contribution in [2.45, 2.75) is 13.1 Å². The second kappa shape index (κ2) is 8.80. The maximum atomic E-state index is 12.2. The summed E-state index contributed by atoms with van der Waals surface area (Å²) >= 11 is 9.38. The highest BCUT2D eigenvalue weighted by Crippen LogP contribution is 2.15. The van der Waals surface area contributed by atoms with Crippen LogP contribution in [0.15, 0.2) is 53.0 Å². The number of carbonyl (C=O) groups excluding carboxylic acids is 1. The molecule has 0 spiro atoms. The minimum absolute atomic E-state index is 0.131. The Morgan fingerprint density at radius 3 is 2.40 bits per heavy atom. The summed E-state index contributed by atoms with van der Waals surface area (Å²) in [5.74, 6) is -0.387. The van der Waals surface area contributed by atoms with E-state index >= 15 is 0 Å². The van der Waals surface area contributed by atoms with Gasteiger partial charge in [0.1, 0.15) is 0 Å². The Balaban J connectivity index is 2.00. The van der Waals surface area contributed by atoms with Crippen molar-refractivity contribution in [2.75, 3.05) is 12.8 Å². The first kappa shape index (κ1) is 19.9. The molecule has 0 unspecified atom stereocenters. The second-order valence-corrected chi connectivity index (χ2v) is 8.83. The predicted octanol–water partition coefficient (Wildman–Crippen LogP) is 3.18. The number of rotatable bonds is 7. The Kier molecular flexibility index (Phi) is 7.01. The van der Waals surface area contributed by atoms with Gasteiger partial charge in [-0.15, -0.1) is 0 Å². The highest BCUT2D eigenvalue weighted by Gasteiger charge is 2.20. The molecule has 2 aromatic carbocycles. The van der Waals surface area contributed by atoms with Gasteiger partial charge in [-0.25, -0.2) is 8.42 Å². The molecular formula is C17H18BrClN2O3S. The molecule has 0 bridgehead atoms. The van der Waals surface area contributed by atoms with Crippen molar-refractivity contribution in [3.63, 3.8) is 0 Å². The fourth-order valence-corrected chi connectivity index (χ4v) is 3.34. The lowest BCUT2D eigenvalue weighted by atomic mass is 10.2. The molecule has 0 aliphatic heterocycles. The molecule has 0 radical (unpaired) electrons. The molecule has 0 aliphatic rings. The molecule has 0 heterocycles. The summed E-state index contributed by atoms with van der Waals surface area (Å²) in [4.78, 5) is 12.2. The van der Waals surface area contributed by atoms with Crippen molar-refractivity contribution < 1.29 is 13.2 Å². The average Bonchev–Trinajstić information content (AvgIpc) is 2.54. The number of hydrogen-bond acceptors (Lipinski definition) is 3. The molecule has 0 aromatic heterocycles. The maximum Gasteiger partial charge on any atom is 0.235 e. The third-order valence-electron chi connectivity index (χ3n) is 3.50. The first-order valence-corrected chi connectivity index (χ1v) is 10.5. The first-order valence-electron chi connectivity index (χ1n) is 7.45. The van der Waals surface area contributed by atoms with Crippen molar-refractivity contribution in [1.29, 1.82) is 0 Å². The molecule has 25 heavy (non-hydrogen) atoms. The predicted molar refractivity (Wildman–Crippen MR) is 103 cm³/mol. The van der Waals surface area contributed by atoms with Crippen LogP contribution in [0.25, 0.3) is 0 Å². The van der Waals surface area contributed by atoms with Crippen molar-refractivity contribution in [2.24, 2.45) is 0 Å². The molecule has 2 rings (SSSR count). The number of nitrogens with one attached hydrogen (secondary N) is 1. The van der Waals surface area contributed by atoms with Gasteiger partial charge in [-0.3, -0.25) is 4.79 Å². The smallest absolute Gasteiger partial charge is 0.235 e. The van der Waals surface area contributed by atoms with Crippen LogP contribution in [-0.4, -0.2) is 31.4 Å². The monoisotopic (exact) mass is 444 g/mol. The van der Waals surface area contributed by atoms with Crippen LogP contribution in [0.2, 0.25) is 5.02 Å². The van der Waals surface area contributed by atoms with Crippen LogP contribution in [0.1, 0.15) is 11.1 Å². The largest absolute Gasteiger partial charge is 0.351 e. The fraction of sp³-hybridized carbons (Fsp3) is 0.235. The van der Waals surface area contributed by atoms with Crippen LogP contribution in [-0.2, 0) is 27.9 Å². The molecule has 134 valence electrons. The van der Waals surface area contributed by atoms with Gasteiger partial charge in [-0.05, 0) is 29.3 Å². The van der Waals surface area contributed by atoms with Crippen molar-refractivity contribution in [3.8, 4) is 0 Å². The first-order chi connectivity index (χ1) is 11.8. The maximum absolute atomic E-state index is 12.2. The number of hydrogen-bond donors (Lipinski definition) is 1. The van der Waals surface area contributed by atoms with E-state index in [2.05, 4.69) is 21.2 Å². The van der Waals surface area contributed by atoms with Crippen LogP contribution >= 0.6 is 27.5 Å². The topological polar surface area (TPSA) is 66.5 Å². The Morgan fingerprint density at radius 1 is 1.16 bits per heavy atom. The zero-order valence-electron chi connectivity index (χ0n) is 13.6. The van der Waals surface area contributed by atoms with Gasteiger partial charge in [0.05, 0.1) is 12.8 Å². The highest BCUT2D eigenvalue weighted by atomic mass is 79.9. The van der Waals surface area contributed by atoms with Crippen LogP contribution in [0.5, 0.6) is 0 Å². The van der Waals surface area contributed by atoms with E-state index in [1.165, 1.54) is 0 Å². The van der Waals surface area contributed by atoms with E-state index in [9.17, 15) is 13.2 Å². The molecule has 0 saturated heterocycles. The SMILES string of the molecule is CS(=O)(=O)N(CC(=O)NCc1ccccc1Cl)Cc1ccc(Br)cc1. The van der Waals surface area contributed by atoms with Crippen molar-refractivity contribution in [3.05, 3.63) is 69.2 Å². The number of halogens is 2. The minimum atomic E-state index is -3.52. The Hall–Kier alpha value is -1.41. The van der Waals surface area contributed by atoms with E-state index in [1.54, 1.807) is 18.2 Å². The average molecular weight is 446 g/mol. The van der Waals surface area contributed by atoms with Gasteiger partial charge in [0.15, 0.2) is 0 Å². The molecule has 1 N–H and O–H groups in total. The second-order valence-electron chi connectivity index (χ2n) is 5.53. The van der Waals surface area contributed by atoms with E-state index < -0.39 is 10.0 Å². The van der Waals surface area contributed by atoms with Crippen LogP contribution < -0.4 is 5.32 Å². The number of sulfonamides is 1. The number of nitrogens with zero attached hydrogens (tertiary/aromatic N) is 1. The highest BCUT2D eigenvalue weighted by molar-refractivity contribution is 9.10. The molecule has 0 aliphatic carbocycles. The molecule has 0 atom stereocenters. The Morgan fingerprint density at radius 2 is 1.80 bits per heavy atom. The molecule has 0 saturated carbocycles. The standard InChI is InChI=1S/C17H18BrClN2O3S/c1-25(23,24)21(11-13-6-8-15(18)9-7-13)12-17(22)20-10-14-4-2-3-5-16(14)19/h2-9H,10-12H2,1H3,(H,20,22). The van der Waals surface area contributed by atoms with E-state index in [0.717, 1.165) is 26.2 Å². The summed E-state index contributed by atoms with van der Waals surface area (Å²) in [6, 6.07) is 14.4. The lowest BCUT2D eigenvalue weighted by molar-refractivity contribution is -0.121. The molecule has 8 heteroatoms. The van der Waals surface area contributed by atoms with E-state index in [-0.39, 0.29) is 25.5 Å². The normalized spacial score (nSPS) is 11.5. The summed E-state index contributed by atoms with van der Waals surface area (Å²) in [6.07, 6.45) is 1.09. The number of benzene rings is 2. The van der Waals surface area contributed by atoms with Gasteiger partial charge in [0, 0.05) is 22.6 Å². The van der Waals surface area contributed by atoms with Gasteiger partial charge in [-0.2, -0.15) is 4.31 Å². The Bertz CT molecular complexity index is 841. The number of carbonyl (C=O) groups is 1. The quantitative estimate of drug-likeness (QED) is 0.712. The lowest BCUT2D eigenvalue weighted by Crippen LogP contribution is -2.39. The van der Waals surface area contributed by atoms with E-state index in [0.29, 0.717) is 5.02 Å². The van der Waals surface area contributed by atoms with Crippen LogP contribution in [0.3, 0.4) is 0 Å². The van der Waals surface area contributed by atoms with E-state index in [4.69, 9.17) is 11.6 Å². The molecule has 2 aromatic rings. The zero-order chi connectivity index (χ0) is 18.4. The Labute approximate surface area is 161 Å². The van der Waals surface area contributed by atoms with E-state index in [1.807, 2.05) is 30.3 Å². The summed E-state index contributed by atoms with van der Waals surface area (Å²) < 4.78 is 26.0. The number of amides is 1. The lowest BCUT2D eigenvalue weighted by Gasteiger charge is -2.19. The van der Waals surface area contributed by atoms with Gasteiger partial charge in [0.2, 0.25) is 15.9 Å². The fourth-order valence-electron chi connectivity index (χ4n) is 2.14. The molecule has 5 nitrogen and oxygen atoms in total. The molecular weight excluding hydrogens is 428 g/mol. The zero-order valence-corrected chi connectivity index (χ0v) is 16.7. The van der Waals surface area contributed by atoms with Crippen molar-refractivity contribution >= 4 is 43.5 Å². The van der Waals surface area contributed by atoms with Gasteiger partial charge >= 0.3 is 0 Å². The third-order valence-corrected chi connectivity index (χ3v) is 5.59. The summed E-state index contributed by atoms with van der Waals surface area (Å²) in [5.41, 5.74) is 1.57. The minimum Gasteiger partial charge on any atom is -0.351 e. The van der Waals surface area contributed by atoms with Gasteiger partial charge < -0.3 is 5.32 Å². The van der Waals surface area contributed by atoms with Crippen molar-refractivity contribution in [1.82, 2.24) is 9.62 Å². The molecule has 1 amide bonds. The summed E-state index contributed by atoms with van der Waals surface area (Å²) in [6.45, 7) is 0.124.